The van der Waals surface area contributed by atoms with E-state index in [1.807, 2.05) is 0 Å². The van der Waals surface area contributed by atoms with Crippen LogP contribution in [-0.2, 0) is 4.79 Å². The third-order valence-electron chi connectivity index (χ3n) is 3.28. The van der Waals surface area contributed by atoms with E-state index in [2.05, 4.69) is 19.9 Å². The third-order valence-corrected chi connectivity index (χ3v) is 3.28. The predicted molar refractivity (Wildman–Crippen MR) is 67.0 cm³/mol. The summed E-state index contributed by atoms with van der Waals surface area (Å²) in [5.41, 5.74) is 5.82. The van der Waals surface area contributed by atoms with Crippen molar-refractivity contribution in [2.45, 2.75) is 51.5 Å². The molecule has 0 bridgehead atoms. The molecule has 17 heavy (non-hydrogen) atoms. The highest BCUT2D eigenvalue weighted by molar-refractivity contribution is 5.77. The molecule has 1 fully saturated rings. The molecule has 2 N–H and O–H groups in total. The van der Waals surface area contributed by atoms with Crippen LogP contribution in [0.5, 0.6) is 0 Å². The average molecular weight is 237 g/mol. The van der Waals surface area contributed by atoms with Gasteiger partial charge in [-0.15, -0.1) is 0 Å². The van der Waals surface area contributed by atoms with Crippen LogP contribution in [0, 0.1) is 17.2 Å². The standard InChI is InChI=1S/C13H23N3O/c1-11(2)10-16(8-4-7-14)12(17)9-13(15)5-3-6-13/h11H,3-6,8-10,15H2,1-2H3. The van der Waals surface area contributed by atoms with Gasteiger partial charge in [-0.1, -0.05) is 13.8 Å². The molecule has 0 aromatic heterocycles. The lowest BCUT2D eigenvalue weighted by atomic mass is 9.75. The molecule has 1 aliphatic rings. The molecule has 0 heterocycles. The fourth-order valence-corrected chi connectivity index (χ4v) is 2.16. The maximum Gasteiger partial charge on any atom is 0.224 e. The van der Waals surface area contributed by atoms with Crippen LogP contribution in [0.15, 0.2) is 0 Å². The summed E-state index contributed by atoms with van der Waals surface area (Å²) in [6.45, 7) is 5.41. The van der Waals surface area contributed by atoms with Gasteiger partial charge in [0.05, 0.1) is 12.5 Å². The number of hydrogen-bond acceptors (Lipinski definition) is 3. The van der Waals surface area contributed by atoms with E-state index >= 15 is 0 Å². The van der Waals surface area contributed by atoms with E-state index in [0.29, 0.717) is 25.3 Å². The molecular formula is C13H23N3O. The van der Waals surface area contributed by atoms with E-state index < -0.39 is 0 Å². The van der Waals surface area contributed by atoms with Crippen molar-refractivity contribution in [1.29, 1.82) is 5.26 Å². The monoisotopic (exact) mass is 237 g/mol. The number of nitrogens with two attached hydrogens (primary N) is 1. The van der Waals surface area contributed by atoms with Crippen LogP contribution < -0.4 is 5.73 Å². The van der Waals surface area contributed by atoms with Gasteiger partial charge >= 0.3 is 0 Å². The van der Waals surface area contributed by atoms with Crippen molar-refractivity contribution in [3.05, 3.63) is 0 Å². The zero-order chi connectivity index (χ0) is 12.9. The Morgan fingerprint density at radius 3 is 2.59 bits per heavy atom. The third kappa shape index (κ3) is 4.35. The first-order valence-corrected chi connectivity index (χ1v) is 6.40. The molecule has 96 valence electrons. The highest BCUT2D eigenvalue weighted by Gasteiger charge is 2.35. The minimum Gasteiger partial charge on any atom is -0.341 e. The molecule has 0 aliphatic heterocycles. The molecule has 0 atom stereocenters. The summed E-state index contributed by atoms with van der Waals surface area (Å²) in [5.74, 6) is 0.531. The highest BCUT2D eigenvalue weighted by Crippen LogP contribution is 2.32. The lowest BCUT2D eigenvalue weighted by molar-refractivity contribution is -0.133. The summed E-state index contributed by atoms with van der Waals surface area (Å²) in [7, 11) is 0. The van der Waals surface area contributed by atoms with Crippen molar-refractivity contribution in [3.8, 4) is 6.07 Å². The summed E-state index contributed by atoms with van der Waals surface area (Å²) < 4.78 is 0. The molecule has 0 saturated heterocycles. The van der Waals surface area contributed by atoms with Crippen LogP contribution in [-0.4, -0.2) is 29.4 Å². The maximum absolute atomic E-state index is 12.1. The lowest BCUT2D eigenvalue weighted by Crippen LogP contribution is -2.51. The molecule has 0 aromatic rings. The number of rotatable bonds is 6. The first kappa shape index (κ1) is 14.0. The van der Waals surface area contributed by atoms with Gasteiger partial charge in [0.25, 0.3) is 0 Å². The van der Waals surface area contributed by atoms with Gasteiger partial charge in [-0.3, -0.25) is 4.79 Å². The van der Waals surface area contributed by atoms with Crippen molar-refractivity contribution in [3.63, 3.8) is 0 Å². The molecule has 4 heteroatoms. The Bertz CT molecular complexity index is 302. The minimum absolute atomic E-state index is 0.108. The molecule has 0 radical (unpaired) electrons. The van der Waals surface area contributed by atoms with Crippen LogP contribution >= 0.6 is 0 Å². The Kier molecular flexibility index (Phi) is 4.95. The number of nitriles is 1. The number of hydrogen-bond donors (Lipinski definition) is 1. The molecule has 1 amide bonds. The van der Waals surface area contributed by atoms with Crippen LogP contribution in [0.1, 0.15) is 46.0 Å². The van der Waals surface area contributed by atoms with Crippen molar-refractivity contribution < 1.29 is 4.79 Å². The second-order valence-corrected chi connectivity index (χ2v) is 5.53. The minimum atomic E-state index is -0.265. The van der Waals surface area contributed by atoms with E-state index in [4.69, 9.17) is 11.0 Å². The van der Waals surface area contributed by atoms with Gasteiger partial charge in [-0.2, -0.15) is 5.26 Å². The van der Waals surface area contributed by atoms with Crippen molar-refractivity contribution >= 4 is 5.91 Å². The Labute approximate surface area is 104 Å². The predicted octanol–water partition coefficient (Wildman–Crippen LogP) is 1.66. The summed E-state index contributed by atoms with van der Waals surface area (Å²) in [5, 5.41) is 8.61. The molecule has 4 nitrogen and oxygen atoms in total. The topological polar surface area (TPSA) is 70.1 Å². The zero-order valence-electron chi connectivity index (χ0n) is 10.9. The van der Waals surface area contributed by atoms with E-state index in [0.717, 1.165) is 25.8 Å². The molecule has 1 aliphatic carbocycles. The highest BCUT2D eigenvalue weighted by atomic mass is 16.2. The second kappa shape index (κ2) is 6.02. The maximum atomic E-state index is 12.1. The molecule has 0 spiro atoms. The summed E-state index contributed by atoms with van der Waals surface area (Å²) >= 11 is 0. The Morgan fingerprint density at radius 1 is 1.53 bits per heavy atom. The van der Waals surface area contributed by atoms with Crippen LogP contribution in [0.4, 0.5) is 0 Å². The smallest absolute Gasteiger partial charge is 0.224 e. The number of nitrogens with zero attached hydrogens (tertiary/aromatic N) is 2. The van der Waals surface area contributed by atoms with Crippen LogP contribution in [0.2, 0.25) is 0 Å². The first-order chi connectivity index (χ1) is 7.97. The fourth-order valence-electron chi connectivity index (χ4n) is 2.16. The van der Waals surface area contributed by atoms with Gasteiger partial charge in [0.15, 0.2) is 0 Å². The average Bonchev–Trinajstić information content (AvgIpc) is 2.21. The summed E-state index contributed by atoms with van der Waals surface area (Å²) in [6, 6.07) is 2.09. The van der Waals surface area contributed by atoms with Crippen molar-refractivity contribution in [2.24, 2.45) is 11.7 Å². The largest absolute Gasteiger partial charge is 0.341 e. The van der Waals surface area contributed by atoms with E-state index in [9.17, 15) is 4.79 Å². The first-order valence-electron chi connectivity index (χ1n) is 6.40. The second-order valence-electron chi connectivity index (χ2n) is 5.53. The fraction of sp³-hybridized carbons (Fsp3) is 0.846. The molecule has 0 aromatic carbocycles. The quantitative estimate of drug-likeness (QED) is 0.763. The molecule has 0 unspecified atom stereocenters. The van der Waals surface area contributed by atoms with Gasteiger partial charge < -0.3 is 10.6 Å². The van der Waals surface area contributed by atoms with Crippen molar-refractivity contribution in [2.75, 3.05) is 13.1 Å². The van der Waals surface area contributed by atoms with Gasteiger partial charge in [0, 0.05) is 25.0 Å². The van der Waals surface area contributed by atoms with Crippen LogP contribution in [0.3, 0.4) is 0 Å². The van der Waals surface area contributed by atoms with Gasteiger partial charge in [0.2, 0.25) is 5.91 Å². The summed E-state index contributed by atoms with van der Waals surface area (Å²) in [6.07, 6.45) is 3.87. The van der Waals surface area contributed by atoms with E-state index in [1.165, 1.54) is 0 Å². The Morgan fingerprint density at radius 2 is 2.18 bits per heavy atom. The number of amides is 1. The molecule has 1 saturated carbocycles. The van der Waals surface area contributed by atoms with E-state index in [1.54, 1.807) is 4.90 Å². The normalized spacial score (nSPS) is 17.4. The summed E-state index contributed by atoms with van der Waals surface area (Å²) in [4.78, 5) is 13.9. The van der Waals surface area contributed by atoms with Gasteiger partial charge in [-0.05, 0) is 25.2 Å². The van der Waals surface area contributed by atoms with Crippen LogP contribution in [0.25, 0.3) is 0 Å². The number of carbonyl (C=O) groups is 1. The van der Waals surface area contributed by atoms with Gasteiger partial charge in [0.1, 0.15) is 0 Å². The molecular weight excluding hydrogens is 214 g/mol. The zero-order valence-corrected chi connectivity index (χ0v) is 10.9. The van der Waals surface area contributed by atoms with Gasteiger partial charge in [-0.25, -0.2) is 0 Å². The lowest BCUT2D eigenvalue weighted by Gasteiger charge is -2.39. The number of carbonyl (C=O) groups excluding carboxylic acids is 1. The van der Waals surface area contributed by atoms with Crippen molar-refractivity contribution in [1.82, 2.24) is 4.90 Å². The Balaban J connectivity index is 2.49. The Hall–Kier alpha value is -1.08. The van der Waals surface area contributed by atoms with E-state index in [-0.39, 0.29) is 11.4 Å². The molecule has 1 rings (SSSR count). The SMILES string of the molecule is CC(C)CN(CCC#N)C(=O)CC1(N)CCC1.